The number of hydrogen-bond acceptors (Lipinski definition) is 2. The van der Waals surface area contributed by atoms with E-state index < -0.39 is 0 Å². The maximum Gasteiger partial charge on any atom is 0.191 e. The molecular weight excluding hydrogens is 411 g/mol. The van der Waals surface area contributed by atoms with Crippen molar-refractivity contribution >= 4 is 29.9 Å². The number of hydrogen-bond donors (Lipinski definition) is 2. The number of guanidine groups is 1. The first kappa shape index (κ1) is 21.2. The van der Waals surface area contributed by atoms with E-state index in [9.17, 15) is 0 Å². The molecule has 5 heteroatoms. The Hall–Kier alpha value is -0.820. The van der Waals surface area contributed by atoms with Crippen molar-refractivity contribution in [3.8, 4) is 0 Å². The fourth-order valence-corrected chi connectivity index (χ4v) is 3.25. The van der Waals surface area contributed by atoms with E-state index in [0.717, 1.165) is 25.5 Å². The van der Waals surface area contributed by atoms with Gasteiger partial charge in [0.05, 0.1) is 0 Å². The molecule has 1 aromatic carbocycles. The van der Waals surface area contributed by atoms with Crippen molar-refractivity contribution in [3.63, 3.8) is 0 Å². The molecule has 0 saturated carbocycles. The molecule has 1 heterocycles. The maximum atomic E-state index is 4.35. The van der Waals surface area contributed by atoms with E-state index in [0.29, 0.717) is 12.0 Å². The highest BCUT2D eigenvalue weighted by Crippen LogP contribution is 2.17. The van der Waals surface area contributed by atoms with E-state index in [2.05, 4.69) is 64.7 Å². The van der Waals surface area contributed by atoms with E-state index in [1.54, 1.807) is 0 Å². The van der Waals surface area contributed by atoms with Gasteiger partial charge in [0.25, 0.3) is 0 Å². The lowest BCUT2D eigenvalue weighted by atomic mass is 10.0. The van der Waals surface area contributed by atoms with Crippen LogP contribution in [0.4, 0.5) is 0 Å². The van der Waals surface area contributed by atoms with Crippen molar-refractivity contribution in [1.29, 1.82) is 0 Å². The number of nitrogens with zero attached hydrogens (tertiary/aromatic N) is 2. The summed E-state index contributed by atoms with van der Waals surface area (Å²) in [6, 6.07) is 11.2. The first-order valence-corrected chi connectivity index (χ1v) is 8.93. The Morgan fingerprint density at radius 3 is 2.38 bits per heavy atom. The zero-order chi connectivity index (χ0) is 16.5. The minimum atomic E-state index is 0. The molecule has 0 radical (unpaired) electrons. The molecule has 1 saturated heterocycles. The highest BCUT2D eigenvalue weighted by atomic mass is 127. The summed E-state index contributed by atoms with van der Waals surface area (Å²) in [6.07, 6.45) is 3.70. The van der Waals surface area contributed by atoms with Gasteiger partial charge in [-0.25, -0.2) is 0 Å². The molecular formula is C19H33IN4. The molecule has 4 nitrogen and oxygen atoms in total. The van der Waals surface area contributed by atoms with Crippen LogP contribution < -0.4 is 10.6 Å². The summed E-state index contributed by atoms with van der Waals surface area (Å²) in [5.74, 6) is 1.56. The Morgan fingerprint density at radius 2 is 1.79 bits per heavy atom. The molecule has 0 aromatic heterocycles. The van der Waals surface area contributed by atoms with Gasteiger partial charge in [0.15, 0.2) is 5.96 Å². The number of halogens is 1. The first-order chi connectivity index (χ1) is 11.2. The van der Waals surface area contributed by atoms with Crippen LogP contribution in [0.15, 0.2) is 35.3 Å². The molecule has 0 amide bonds. The molecule has 24 heavy (non-hydrogen) atoms. The molecule has 1 atom stereocenters. The summed E-state index contributed by atoms with van der Waals surface area (Å²) in [5.41, 5.74) is 1.35. The van der Waals surface area contributed by atoms with Crippen molar-refractivity contribution in [2.45, 2.75) is 39.2 Å². The highest BCUT2D eigenvalue weighted by molar-refractivity contribution is 14.0. The molecule has 2 rings (SSSR count). The number of nitrogens with one attached hydrogen (secondary N) is 2. The Morgan fingerprint density at radius 1 is 1.12 bits per heavy atom. The van der Waals surface area contributed by atoms with Crippen LogP contribution in [0.25, 0.3) is 0 Å². The van der Waals surface area contributed by atoms with Crippen LogP contribution in [0.1, 0.15) is 32.3 Å². The maximum absolute atomic E-state index is 4.35. The number of rotatable bonds is 7. The van der Waals surface area contributed by atoms with E-state index in [-0.39, 0.29) is 24.0 Å². The van der Waals surface area contributed by atoms with Crippen molar-refractivity contribution < 1.29 is 0 Å². The Balaban J connectivity index is 0.00000288. The molecule has 1 aliphatic heterocycles. The fourth-order valence-electron chi connectivity index (χ4n) is 3.25. The summed E-state index contributed by atoms with van der Waals surface area (Å²) < 4.78 is 0. The van der Waals surface area contributed by atoms with E-state index in [4.69, 9.17) is 0 Å². The lowest BCUT2D eigenvalue weighted by Crippen LogP contribution is -2.48. The van der Waals surface area contributed by atoms with Gasteiger partial charge in [0.1, 0.15) is 0 Å². The Bertz CT molecular complexity index is 470. The van der Waals surface area contributed by atoms with Crippen LogP contribution in [0.2, 0.25) is 0 Å². The molecule has 1 unspecified atom stereocenters. The zero-order valence-corrected chi connectivity index (χ0v) is 17.6. The molecule has 1 fully saturated rings. The largest absolute Gasteiger partial charge is 0.356 e. The van der Waals surface area contributed by atoms with Crippen LogP contribution >= 0.6 is 24.0 Å². The van der Waals surface area contributed by atoms with E-state index in [1.165, 1.54) is 31.5 Å². The van der Waals surface area contributed by atoms with Crippen molar-refractivity contribution in [2.75, 3.05) is 33.2 Å². The average molecular weight is 444 g/mol. The Kier molecular flexibility index (Phi) is 10.3. The lowest BCUT2D eigenvalue weighted by Gasteiger charge is -2.31. The van der Waals surface area contributed by atoms with Crippen molar-refractivity contribution in [2.24, 2.45) is 10.9 Å². The molecule has 1 aliphatic rings. The third-order valence-corrected chi connectivity index (χ3v) is 4.63. The second-order valence-corrected chi connectivity index (χ2v) is 6.67. The van der Waals surface area contributed by atoms with Gasteiger partial charge in [-0.15, -0.1) is 24.0 Å². The van der Waals surface area contributed by atoms with Crippen molar-refractivity contribution in [3.05, 3.63) is 35.9 Å². The normalized spacial score (nSPS) is 16.8. The van der Waals surface area contributed by atoms with Gasteiger partial charge in [-0.2, -0.15) is 0 Å². The Labute approximate surface area is 164 Å². The van der Waals surface area contributed by atoms with Crippen LogP contribution in [0.5, 0.6) is 0 Å². The van der Waals surface area contributed by atoms with Crippen LogP contribution in [-0.4, -0.2) is 50.1 Å². The quantitative estimate of drug-likeness (QED) is 0.386. The van der Waals surface area contributed by atoms with Gasteiger partial charge in [-0.05, 0) is 43.8 Å². The summed E-state index contributed by atoms with van der Waals surface area (Å²) in [6.45, 7) is 8.98. The number of benzene rings is 1. The third-order valence-electron chi connectivity index (χ3n) is 4.63. The molecule has 1 aromatic rings. The topological polar surface area (TPSA) is 39.7 Å². The first-order valence-electron chi connectivity index (χ1n) is 8.93. The lowest BCUT2D eigenvalue weighted by molar-refractivity contribution is 0.192. The zero-order valence-electron chi connectivity index (χ0n) is 15.3. The molecule has 2 N–H and O–H groups in total. The highest BCUT2D eigenvalue weighted by Gasteiger charge is 2.24. The second kappa shape index (κ2) is 11.7. The molecule has 0 aliphatic carbocycles. The summed E-state index contributed by atoms with van der Waals surface area (Å²) in [5, 5.41) is 6.93. The minimum absolute atomic E-state index is 0. The summed E-state index contributed by atoms with van der Waals surface area (Å²) >= 11 is 0. The van der Waals surface area contributed by atoms with E-state index in [1.807, 2.05) is 7.05 Å². The number of aliphatic imine (C=N–C) groups is 1. The fraction of sp³-hybridized carbons (Fsp3) is 0.632. The van der Waals surface area contributed by atoms with Crippen LogP contribution in [0.3, 0.4) is 0 Å². The van der Waals surface area contributed by atoms with Crippen molar-refractivity contribution in [1.82, 2.24) is 15.5 Å². The predicted octanol–water partition coefficient (Wildman–Crippen LogP) is 3.13. The molecule has 0 spiro atoms. The van der Waals surface area contributed by atoms with Gasteiger partial charge < -0.3 is 10.6 Å². The summed E-state index contributed by atoms with van der Waals surface area (Å²) in [7, 11) is 1.85. The smallest absolute Gasteiger partial charge is 0.191 e. The monoisotopic (exact) mass is 444 g/mol. The second-order valence-electron chi connectivity index (χ2n) is 6.67. The summed E-state index contributed by atoms with van der Waals surface area (Å²) in [4.78, 5) is 6.97. The standard InChI is InChI=1S/C19H32N4.HI/c1-16(2)18(23-13-7-8-14-23)15-22-19(20-3)21-12-11-17-9-5-4-6-10-17;/h4-6,9-10,16,18H,7-8,11-15H2,1-3H3,(H2,20,21,22);1H. The van der Waals surface area contributed by atoms with Gasteiger partial charge in [0.2, 0.25) is 0 Å². The van der Waals surface area contributed by atoms with Gasteiger partial charge in [-0.3, -0.25) is 9.89 Å². The van der Waals surface area contributed by atoms with Gasteiger partial charge in [-0.1, -0.05) is 44.2 Å². The van der Waals surface area contributed by atoms with Gasteiger partial charge in [0, 0.05) is 26.2 Å². The average Bonchev–Trinajstić information content (AvgIpc) is 3.08. The molecule has 136 valence electrons. The third kappa shape index (κ3) is 6.97. The predicted molar refractivity (Wildman–Crippen MR) is 114 cm³/mol. The molecule has 0 bridgehead atoms. The van der Waals surface area contributed by atoms with Crippen LogP contribution in [0, 0.1) is 5.92 Å². The SMILES string of the molecule is CN=C(NCCc1ccccc1)NCC(C(C)C)N1CCCC1.I. The minimum Gasteiger partial charge on any atom is -0.356 e. The van der Waals surface area contributed by atoms with E-state index >= 15 is 0 Å². The number of likely N-dealkylation sites (tertiary alicyclic amines) is 1. The van der Waals surface area contributed by atoms with Crippen LogP contribution in [-0.2, 0) is 6.42 Å². The van der Waals surface area contributed by atoms with Gasteiger partial charge >= 0.3 is 0 Å².